The third kappa shape index (κ3) is 4.38. The van der Waals surface area contributed by atoms with E-state index in [4.69, 9.17) is 0 Å². The van der Waals surface area contributed by atoms with Crippen LogP contribution in [0.1, 0.15) is 11.4 Å². The Hall–Kier alpha value is -1.70. The second-order valence-electron chi connectivity index (χ2n) is 4.45. The average molecular weight is 364 g/mol. The van der Waals surface area contributed by atoms with E-state index >= 15 is 0 Å². The van der Waals surface area contributed by atoms with Crippen LogP contribution in [0.2, 0.25) is 0 Å². The van der Waals surface area contributed by atoms with Crippen LogP contribution in [0.5, 0.6) is 5.75 Å². The van der Waals surface area contributed by atoms with Crippen molar-refractivity contribution in [1.82, 2.24) is 9.78 Å². The van der Waals surface area contributed by atoms with Crippen molar-refractivity contribution in [3.63, 3.8) is 0 Å². The largest absolute Gasteiger partial charge is 0.573 e. The first-order valence-electron chi connectivity index (χ1n) is 6.03. The summed E-state index contributed by atoms with van der Waals surface area (Å²) in [7, 11) is 1.83. The molecule has 0 aliphatic heterocycles. The summed E-state index contributed by atoms with van der Waals surface area (Å²) < 4.78 is 42.4. The van der Waals surface area contributed by atoms with Gasteiger partial charge in [0.25, 0.3) is 0 Å². The SMILES string of the molecule is Cc1cc(CNc2ccc(OC(F)(F)F)c(Br)c2)n(C)n1. The summed E-state index contributed by atoms with van der Waals surface area (Å²) in [6.45, 7) is 2.41. The van der Waals surface area contributed by atoms with E-state index in [0.29, 0.717) is 12.2 Å². The number of aryl methyl sites for hydroxylation is 2. The van der Waals surface area contributed by atoms with Gasteiger partial charge in [-0.2, -0.15) is 5.10 Å². The van der Waals surface area contributed by atoms with E-state index in [1.807, 2.05) is 20.0 Å². The molecule has 1 aromatic carbocycles. The molecule has 2 aromatic rings. The van der Waals surface area contributed by atoms with E-state index in [9.17, 15) is 13.2 Å². The van der Waals surface area contributed by atoms with Gasteiger partial charge in [-0.15, -0.1) is 13.2 Å². The number of benzene rings is 1. The van der Waals surface area contributed by atoms with Crippen LogP contribution < -0.4 is 10.1 Å². The molecule has 1 N–H and O–H groups in total. The van der Waals surface area contributed by atoms with Gasteiger partial charge >= 0.3 is 6.36 Å². The molecule has 2 rings (SSSR count). The fourth-order valence-electron chi connectivity index (χ4n) is 1.84. The van der Waals surface area contributed by atoms with Gasteiger partial charge in [-0.05, 0) is 47.1 Å². The summed E-state index contributed by atoms with van der Waals surface area (Å²) in [6, 6.07) is 6.25. The maximum atomic E-state index is 12.2. The smallest absolute Gasteiger partial charge is 0.405 e. The second kappa shape index (κ2) is 5.97. The molecule has 1 aromatic heterocycles. The predicted octanol–water partition coefficient (Wildman–Crippen LogP) is 4.00. The zero-order valence-electron chi connectivity index (χ0n) is 11.3. The molecule has 0 atom stereocenters. The maximum absolute atomic E-state index is 12.2. The van der Waals surface area contributed by atoms with E-state index in [2.05, 4.69) is 31.1 Å². The Labute approximate surface area is 128 Å². The number of anilines is 1. The third-order valence-electron chi connectivity index (χ3n) is 2.73. The molecule has 0 saturated heterocycles. The van der Waals surface area contributed by atoms with Gasteiger partial charge in [0.1, 0.15) is 5.75 Å². The van der Waals surface area contributed by atoms with E-state index in [0.717, 1.165) is 11.4 Å². The first-order valence-corrected chi connectivity index (χ1v) is 6.82. The molecule has 1 heterocycles. The highest BCUT2D eigenvalue weighted by Crippen LogP contribution is 2.32. The van der Waals surface area contributed by atoms with Crippen LogP contribution in [0.25, 0.3) is 0 Å². The summed E-state index contributed by atoms with van der Waals surface area (Å²) in [5.41, 5.74) is 2.55. The molecule has 21 heavy (non-hydrogen) atoms. The number of halogens is 4. The molecular weight excluding hydrogens is 351 g/mol. The third-order valence-corrected chi connectivity index (χ3v) is 3.35. The van der Waals surface area contributed by atoms with Crippen LogP contribution in [-0.4, -0.2) is 16.1 Å². The lowest BCUT2D eigenvalue weighted by Gasteiger charge is -2.12. The van der Waals surface area contributed by atoms with Crippen LogP contribution in [0, 0.1) is 6.92 Å². The molecule has 4 nitrogen and oxygen atoms in total. The van der Waals surface area contributed by atoms with Crippen molar-refractivity contribution in [2.75, 3.05) is 5.32 Å². The van der Waals surface area contributed by atoms with Gasteiger partial charge in [0, 0.05) is 12.7 Å². The number of hydrogen-bond donors (Lipinski definition) is 1. The first-order chi connectivity index (χ1) is 9.74. The fourth-order valence-corrected chi connectivity index (χ4v) is 2.30. The lowest BCUT2D eigenvalue weighted by Crippen LogP contribution is -2.17. The summed E-state index contributed by atoms with van der Waals surface area (Å²) in [6.07, 6.45) is -4.70. The molecule has 114 valence electrons. The normalized spacial score (nSPS) is 11.5. The topological polar surface area (TPSA) is 39.1 Å². The van der Waals surface area contributed by atoms with Crippen molar-refractivity contribution >= 4 is 21.6 Å². The quantitative estimate of drug-likeness (QED) is 0.892. The second-order valence-corrected chi connectivity index (χ2v) is 5.30. The first kappa shape index (κ1) is 15.7. The maximum Gasteiger partial charge on any atom is 0.573 e. The number of aromatic nitrogens is 2. The van der Waals surface area contributed by atoms with Crippen LogP contribution in [0.4, 0.5) is 18.9 Å². The number of ether oxygens (including phenoxy) is 1. The summed E-state index contributed by atoms with van der Waals surface area (Å²) in [4.78, 5) is 0. The Morgan fingerprint density at radius 3 is 2.57 bits per heavy atom. The van der Waals surface area contributed by atoms with Gasteiger partial charge < -0.3 is 10.1 Å². The zero-order valence-corrected chi connectivity index (χ0v) is 12.9. The van der Waals surface area contributed by atoms with Crippen molar-refractivity contribution < 1.29 is 17.9 Å². The molecule has 8 heteroatoms. The summed E-state index contributed by atoms with van der Waals surface area (Å²) >= 11 is 3.06. The van der Waals surface area contributed by atoms with Gasteiger partial charge in [-0.1, -0.05) is 0 Å². The predicted molar refractivity (Wildman–Crippen MR) is 76.1 cm³/mol. The van der Waals surface area contributed by atoms with Crippen molar-refractivity contribution in [1.29, 1.82) is 0 Å². The number of alkyl halides is 3. The molecular formula is C13H13BrF3N3O. The van der Waals surface area contributed by atoms with Crippen molar-refractivity contribution in [3.05, 3.63) is 40.1 Å². The Morgan fingerprint density at radius 1 is 1.33 bits per heavy atom. The average Bonchev–Trinajstić information content (AvgIpc) is 2.67. The lowest BCUT2D eigenvalue weighted by molar-refractivity contribution is -0.274. The van der Waals surface area contributed by atoms with E-state index in [1.165, 1.54) is 18.2 Å². The van der Waals surface area contributed by atoms with Crippen molar-refractivity contribution in [2.24, 2.45) is 7.05 Å². The van der Waals surface area contributed by atoms with Gasteiger partial charge in [-0.25, -0.2) is 0 Å². The van der Waals surface area contributed by atoms with Crippen LogP contribution >= 0.6 is 15.9 Å². The summed E-state index contributed by atoms with van der Waals surface area (Å²) in [5, 5.41) is 7.34. The van der Waals surface area contributed by atoms with E-state index in [1.54, 1.807) is 4.68 Å². The molecule has 0 spiro atoms. The Morgan fingerprint density at radius 2 is 2.05 bits per heavy atom. The molecule has 0 bridgehead atoms. The minimum Gasteiger partial charge on any atom is -0.405 e. The fraction of sp³-hybridized carbons (Fsp3) is 0.308. The summed E-state index contributed by atoms with van der Waals surface area (Å²) in [5.74, 6) is -0.274. The minimum atomic E-state index is -4.70. The van der Waals surface area contributed by atoms with Crippen molar-refractivity contribution in [3.8, 4) is 5.75 Å². The monoisotopic (exact) mass is 363 g/mol. The van der Waals surface area contributed by atoms with E-state index < -0.39 is 6.36 Å². The van der Waals surface area contributed by atoms with Crippen LogP contribution in [0.15, 0.2) is 28.7 Å². The van der Waals surface area contributed by atoms with Crippen LogP contribution in [0.3, 0.4) is 0 Å². The molecule has 0 radical (unpaired) electrons. The number of hydrogen-bond acceptors (Lipinski definition) is 3. The number of nitrogens with one attached hydrogen (secondary N) is 1. The molecule has 0 saturated carbocycles. The molecule has 0 fully saturated rings. The Kier molecular flexibility index (Phi) is 4.46. The van der Waals surface area contributed by atoms with Crippen LogP contribution in [-0.2, 0) is 13.6 Å². The highest BCUT2D eigenvalue weighted by molar-refractivity contribution is 9.10. The van der Waals surface area contributed by atoms with Gasteiger partial charge in [0.15, 0.2) is 0 Å². The van der Waals surface area contributed by atoms with E-state index in [-0.39, 0.29) is 10.2 Å². The molecule has 0 unspecified atom stereocenters. The standard InChI is InChI=1S/C13H13BrF3N3O/c1-8-5-10(20(2)19-8)7-18-9-3-4-12(11(14)6-9)21-13(15,16)17/h3-6,18H,7H2,1-2H3. The van der Waals surface area contributed by atoms with Crippen molar-refractivity contribution in [2.45, 2.75) is 19.8 Å². The van der Waals surface area contributed by atoms with Gasteiger partial charge in [-0.3, -0.25) is 4.68 Å². The van der Waals surface area contributed by atoms with Gasteiger partial charge in [0.05, 0.1) is 22.4 Å². The van der Waals surface area contributed by atoms with Gasteiger partial charge in [0.2, 0.25) is 0 Å². The Balaban J connectivity index is 2.05. The minimum absolute atomic E-state index is 0.228. The number of nitrogens with zero attached hydrogens (tertiary/aromatic N) is 2. The Bertz CT molecular complexity index is 640. The molecule has 0 amide bonds. The highest BCUT2D eigenvalue weighted by atomic mass is 79.9. The molecule has 0 aliphatic rings. The highest BCUT2D eigenvalue weighted by Gasteiger charge is 2.31. The zero-order chi connectivity index (χ0) is 15.6. The lowest BCUT2D eigenvalue weighted by atomic mass is 10.3. The molecule has 0 aliphatic carbocycles. The number of rotatable bonds is 4.